The molecular weight excluding hydrogens is 344 g/mol. The molecule has 0 aliphatic heterocycles. The Labute approximate surface area is 152 Å². The van der Waals surface area contributed by atoms with Crippen LogP contribution in [-0.2, 0) is 6.42 Å². The molecular formula is C17H23ClN4OS. The van der Waals surface area contributed by atoms with Crippen LogP contribution in [0.25, 0.3) is 0 Å². The molecule has 7 heteroatoms. The Kier molecular flexibility index (Phi) is 7.34. The fraction of sp³-hybridized carbons (Fsp3) is 0.412. The van der Waals surface area contributed by atoms with Crippen LogP contribution >= 0.6 is 22.9 Å². The molecule has 1 aromatic heterocycles. The van der Waals surface area contributed by atoms with Gasteiger partial charge in [-0.1, -0.05) is 11.6 Å². The van der Waals surface area contributed by atoms with Gasteiger partial charge in [0.2, 0.25) is 0 Å². The highest BCUT2D eigenvalue weighted by Gasteiger charge is 2.06. The summed E-state index contributed by atoms with van der Waals surface area (Å²) in [5, 5.41) is 8.39. The summed E-state index contributed by atoms with van der Waals surface area (Å²) < 4.78 is 5.83. The Balaban J connectivity index is 1.69. The summed E-state index contributed by atoms with van der Waals surface area (Å²) in [5.74, 6) is 1.56. The molecule has 2 aromatic rings. The molecule has 0 saturated heterocycles. The van der Waals surface area contributed by atoms with Crippen molar-refractivity contribution in [2.45, 2.75) is 26.4 Å². The summed E-state index contributed by atoms with van der Waals surface area (Å²) >= 11 is 7.59. The van der Waals surface area contributed by atoms with Gasteiger partial charge in [-0.2, -0.15) is 0 Å². The molecule has 0 bridgehead atoms. The zero-order valence-electron chi connectivity index (χ0n) is 14.2. The van der Waals surface area contributed by atoms with Crippen molar-refractivity contribution >= 4 is 28.9 Å². The van der Waals surface area contributed by atoms with Crippen LogP contribution < -0.4 is 15.4 Å². The molecule has 0 radical (unpaired) electrons. The van der Waals surface area contributed by atoms with E-state index in [2.05, 4.69) is 27.5 Å². The molecule has 0 amide bonds. The van der Waals surface area contributed by atoms with Gasteiger partial charge in [0.15, 0.2) is 5.96 Å². The quantitative estimate of drug-likeness (QED) is 0.583. The summed E-state index contributed by atoms with van der Waals surface area (Å²) in [7, 11) is 1.76. The SMILES string of the molecule is CN=C(NCCc1ncc(C)s1)NCC(C)Oc1ccc(Cl)cc1. The first-order chi connectivity index (χ1) is 11.6. The predicted molar refractivity (Wildman–Crippen MR) is 101 cm³/mol. The van der Waals surface area contributed by atoms with Crippen molar-refractivity contribution < 1.29 is 4.74 Å². The molecule has 0 aliphatic rings. The molecule has 0 aliphatic carbocycles. The van der Waals surface area contributed by atoms with Gasteiger partial charge in [0.1, 0.15) is 11.9 Å². The van der Waals surface area contributed by atoms with Gasteiger partial charge < -0.3 is 15.4 Å². The van der Waals surface area contributed by atoms with E-state index in [0.717, 1.165) is 29.7 Å². The maximum Gasteiger partial charge on any atom is 0.191 e. The molecule has 1 aromatic carbocycles. The van der Waals surface area contributed by atoms with Gasteiger partial charge in [-0.3, -0.25) is 4.99 Å². The third kappa shape index (κ3) is 6.37. The topological polar surface area (TPSA) is 58.5 Å². The number of rotatable bonds is 7. The van der Waals surface area contributed by atoms with Crippen LogP contribution in [0, 0.1) is 6.92 Å². The first-order valence-electron chi connectivity index (χ1n) is 7.85. The third-order valence-corrected chi connectivity index (χ3v) is 4.46. The summed E-state index contributed by atoms with van der Waals surface area (Å²) in [5.41, 5.74) is 0. The lowest BCUT2D eigenvalue weighted by Gasteiger charge is -2.17. The zero-order chi connectivity index (χ0) is 17.4. The minimum atomic E-state index is 0.00587. The maximum absolute atomic E-state index is 5.87. The van der Waals surface area contributed by atoms with Crippen LogP contribution in [0.3, 0.4) is 0 Å². The predicted octanol–water partition coefficient (Wildman–Crippen LogP) is 3.28. The molecule has 1 unspecified atom stereocenters. The molecule has 24 heavy (non-hydrogen) atoms. The average molecular weight is 367 g/mol. The van der Waals surface area contributed by atoms with Gasteiger partial charge in [-0.25, -0.2) is 4.98 Å². The second kappa shape index (κ2) is 9.49. The van der Waals surface area contributed by atoms with E-state index in [-0.39, 0.29) is 6.10 Å². The van der Waals surface area contributed by atoms with Crippen LogP contribution in [0.15, 0.2) is 35.5 Å². The Hall–Kier alpha value is -1.79. The average Bonchev–Trinajstić information content (AvgIpc) is 2.98. The Morgan fingerprint density at radius 3 is 2.71 bits per heavy atom. The van der Waals surface area contributed by atoms with E-state index in [9.17, 15) is 0 Å². The highest BCUT2D eigenvalue weighted by molar-refractivity contribution is 7.11. The first kappa shape index (κ1) is 18.5. The van der Waals surface area contributed by atoms with E-state index in [1.165, 1.54) is 4.88 Å². The smallest absolute Gasteiger partial charge is 0.191 e. The molecule has 0 fully saturated rings. The minimum Gasteiger partial charge on any atom is -0.489 e. The molecule has 1 atom stereocenters. The lowest BCUT2D eigenvalue weighted by molar-refractivity contribution is 0.224. The van der Waals surface area contributed by atoms with Gasteiger partial charge in [-0.15, -0.1) is 11.3 Å². The molecule has 1 heterocycles. The standard InChI is InChI=1S/C17H23ClN4OS/c1-12(23-15-6-4-14(18)5-7-15)10-22-17(19-3)20-9-8-16-21-11-13(2)24-16/h4-7,11-12H,8-10H2,1-3H3,(H2,19,20,22). The van der Waals surface area contributed by atoms with Crippen molar-refractivity contribution in [3.05, 3.63) is 45.4 Å². The highest BCUT2D eigenvalue weighted by Crippen LogP contribution is 2.16. The molecule has 2 N–H and O–H groups in total. The van der Waals surface area contributed by atoms with E-state index < -0.39 is 0 Å². The second-order valence-corrected chi connectivity index (χ2v) is 7.13. The van der Waals surface area contributed by atoms with Crippen LogP contribution in [0.1, 0.15) is 16.8 Å². The maximum atomic E-state index is 5.87. The molecule has 130 valence electrons. The first-order valence-corrected chi connectivity index (χ1v) is 9.04. The highest BCUT2D eigenvalue weighted by atomic mass is 35.5. The summed E-state index contributed by atoms with van der Waals surface area (Å²) in [6.45, 7) is 5.52. The van der Waals surface area contributed by atoms with Gasteiger partial charge in [-0.05, 0) is 38.1 Å². The molecule has 2 rings (SSSR count). The summed E-state index contributed by atoms with van der Waals surface area (Å²) in [6, 6.07) is 7.36. The lowest BCUT2D eigenvalue weighted by atomic mass is 10.3. The third-order valence-electron chi connectivity index (χ3n) is 3.23. The number of aromatic nitrogens is 1. The Bertz CT molecular complexity index is 657. The Morgan fingerprint density at radius 1 is 1.33 bits per heavy atom. The van der Waals surface area contributed by atoms with Crippen LogP contribution in [0.4, 0.5) is 0 Å². The molecule has 0 saturated carbocycles. The van der Waals surface area contributed by atoms with Gasteiger partial charge in [0.25, 0.3) is 0 Å². The Morgan fingerprint density at radius 2 is 2.08 bits per heavy atom. The van der Waals surface area contributed by atoms with Crippen molar-refractivity contribution in [1.82, 2.24) is 15.6 Å². The number of hydrogen-bond acceptors (Lipinski definition) is 4. The number of ether oxygens (including phenoxy) is 1. The van der Waals surface area contributed by atoms with E-state index in [4.69, 9.17) is 16.3 Å². The van der Waals surface area contributed by atoms with Crippen molar-refractivity contribution in [1.29, 1.82) is 0 Å². The largest absolute Gasteiger partial charge is 0.489 e. The van der Waals surface area contributed by atoms with Crippen molar-refractivity contribution in [2.24, 2.45) is 4.99 Å². The van der Waals surface area contributed by atoms with Crippen LogP contribution in [0.2, 0.25) is 5.02 Å². The fourth-order valence-corrected chi connectivity index (χ4v) is 2.97. The van der Waals surface area contributed by atoms with Gasteiger partial charge in [0, 0.05) is 36.1 Å². The lowest BCUT2D eigenvalue weighted by Crippen LogP contribution is -2.42. The number of halogens is 1. The number of aliphatic imine (C=N–C) groups is 1. The number of guanidine groups is 1. The number of hydrogen-bond donors (Lipinski definition) is 2. The number of thiazole rings is 1. The number of nitrogens with one attached hydrogen (secondary N) is 2. The van der Waals surface area contributed by atoms with Crippen LogP contribution in [-0.4, -0.2) is 37.2 Å². The van der Waals surface area contributed by atoms with E-state index in [1.54, 1.807) is 18.4 Å². The zero-order valence-corrected chi connectivity index (χ0v) is 15.7. The van der Waals surface area contributed by atoms with Crippen LogP contribution in [0.5, 0.6) is 5.75 Å². The molecule has 5 nitrogen and oxygen atoms in total. The van der Waals surface area contributed by atoms with Crippen molar-refractivity contribution in [3.63, 3.8) is 0 Å². The van der Waals surface area contributed by atoms with E-state index >= 15 is 0 Å². The molecule has 0 spiro atoms. The van der Waals surface area contributed by atoms with E-state index in [0.29, 0.717) is 11.6 Å². The fourth-order valence-electron chi connectivity index (χ4n) is 2.05. The summed E-state index contributed by atoms with van der Waals surface area (Å²) in [4.78, 5) is 9.81. The number of aryl methyl sites for hydroxylation is 1. The minimum absolute atomic E-state index is 0.00587. The number of benzene rings is 1. The monoisotopic (exact) mass is 366 g/mol. The van der Waals surface area contributed by atoms with Gasteiger partial charge in [0.05, 0.1) is 11.6 Å². The van der Waals surface area contributed by atoms with Crippen molar-refractivity contribution in [2.75, 3.05) is 20.1 Å². The summed E-state index contributed by atoms with van der Waals surface area (Å²) in [6.07, 6.45) is 2.80. The normalized spacial score (nSPS) is 12.8. The van der Waals surface area contributed by atoms with E-state index in [1.807, 2.05) is 37.4 Å². The van der Waals surface area contributed by atoms with Gasteiger partial charge >= 0.3 is 0 Å². The van der Waals surface area contributed by atoms with Crippen molar-refractivity contribution in [3.8, 4) is 5.75 Å². The number of nitrogens with zero attached hydrogens (tertiary/aromatic N) is 2. The second-order valence-electron chi connectivity index (χ2n) is 5.38.